The molecule has 1 unspecified atom stereocenters. The van der Waals surface area contributed by atoms with Crippen LogP contribution < -0.4 is 5.32 Å². The summed E-state index contributed by atoms with van der Waals surface area (Å²) in [4.78, 5) is 25.9. The smallest absolute Gasteiger partial charge is 0.289 e. The molecule has 5 nitrogen and oxygen atoms in total. The lowest BCUT2D eigenvalue weighted by molar-refractivity contribution is -0.144. The molecule has 0 aromatic rings. The zero-order valence-corrected chi connectivity index (χ0v) is 10.9. The number of nitrogens with one attached hydrogen (secondary N) is 1. The van der Waals surface area contributed by atoms with E-state index in [4.69, 9.17) is 4.74 Å². The molecule has 1 fully saturated rings. The summed E-state index contributed by atoms with van der Waals surface area (Å²) in [7, 11) is 0. The van der Waals surface area contributed by atoms with E-state index < -0.39 is 6.04 Å². The molecule has 18 heavy (non-hydrogen) atoms. The lowest BCUT2D eigenvalue weighted by Crippen LogP contribution is -2.59. The maximum atomic E-state index is 12.4. The third-order valence-corrected chi connectivity index (χ3v) is 3.30. The summed E-state index contributed by atoms with van der Waals surface area (Å²) < 4.78 is 5.39. The van der Waals surface area contributed by atoms with E-state index in [2.05, 4.69) is 5.32 Å². The fourth-order valence-corrected chi connectivity index (χ4v) is 2.42. The van der Waals surface area contributed by atoms with Crippen molar-refractivity contribution >= 4 is 11.8 Å². The number of carbonyl (C=O) groups excluding carboxylic acids is 2. The molecule has 2 aliphatic heterocycles. The van der Waals surface area contributed by atoms with Crippen LogP contribution in [0.1, 0.15) is 26.7 Å². The molecule has 2 rings (SSSR count). The monoisotopic (exact) mass is 252 g/mol. The van der Waals surface area contributed by atoms with Crippen LogP contribution in [-0.2, 0) is 14.3 Å². The van der Waals surface area contributed by atoms with Gasteiger partial charge in [0, 0.05) is 13.1 Å². The Morgan fingerprint density at radius 2 is 2.33 bits per heavy atom. The van der Waals surface area contributed by atoms with Gasteiger partial charge in [0.05, 0.1) is 6.61 Å². The number of rotatable bonds is 2. The molecule has 0 aromatic carbocycles. The minimum Gasteiger partial charge on any atom is -0.488 e. The Kier molecular flexibility index (Phi) is 3.89. The van der Waals surface area contributed by atoms with E-state index in [9.17, 15) is 9.59 Å². The van der Waals surface area contributed by atoms with Gasteiger partial charge in [-0.05, 0) is 24.8 Å². The zero-order chi connectivity index (χ0) is 13.1. The summed E-state index contributed by atoms with van der Waals surface area (Å²) in [5.41, 5.74) is 0. The van der Waals surface area contributed by atoms with Crippen LogP contribution in [0.5, 0.6) is 0 Å². The summed E-state index contributed by atoms with van der Waals surface area (Å²) in [5.74, 6) is 0.282. The minimum atomic E-state index is -0.391. The maximum absolute atomic E-state index is 12.4. The normalized spacial score (nSPS) is 24.4. The van der Waals surface area contributed by atoms with Crippen LogP contribution in [0, 0.1) is 5.92 Å². The number of piperazine rings is 1. The van der Waals surface area contributed by atoms with Crippen LogP contribution in [0.15, 0.2) is 11.8 Å². The molecule has 1 saturated heterocycles. The average Bonchev–Trinajstić information content (AvgIpc) is 2.38. The summed E-state index contributed by atoms with van der Waals surface area (Å²) in [6, 6.07) is -0.391. The number of ether oxygens (including phenoxy) is 1. The second-order valence-corrected chi connectivity index (χ2v) is 5.04. The summed E-state index contributed by atoms with van der Waals surface area (Å²) in [6.07, 6.45) is 3.65. The van der Waals surface area contributed by atoms with Gasteiger partial charge in [0.2, 0.25) is 5.91 Å². The molecule has 2 heterocycles. The Morgan fingerprint density at radius 1 is 1.56 bits per heavy atom. The molecule has 0 bridgehead atoms. The highest BCUT2D eigenvalue weighted by atomic mass is 16.5. The maximum Gasteiger partial charge on any atom is 0.289 e. The van der Waals surface area contributed by atoms with Crippen LogP contribution in [0.25, 0.3) is 0 Å². The Bertz CT molecular complexity index is 376. The van der Waals surface area contributed by atoms with E-state index in [1.165, 1.54) is 0 Å². The predicted octanol–water partition coefficient (Wildman–Crippen LogP) is 0.664. The van der Waals surface area contributed by atoms with Gasteiger partial charge >= 0.3 is 0 Å². The van der Waals surface area contributed by atoms with Crippen molar-refractivity contribution < 1.29 is 14.3 Å². The average molecular weight is 252 g/mol. The van der Waals surface area contributed by atoms with Crippen molar-refractivity contribution in [1.29, 1.82) is 0 Å². The Labute approximate surface area is 107 Å². The number of hydrogen-bond acceptors (Lipinski definition) is 3. The summed E-state index contributed by atoms with van der Waals surface area (Å²) in [6.45, 7) is 5.55. The molecule has 1 atom stereocenters. The summed E-state index contributed by atoms with van der Waals surface area (Å²) in [5, 5.41) is 2.81. The molecule has 2 aliphatic rings. The first kappa shape index (κ1) is 12.9. The van der Waals surface area contributed by atoms with Gasteiger partial charge in [-0.2, -0.15) is 0 Å². The van der Waals surface area contributed by atoms with E-state index in [0.29, 0.717) is 25.5 Å². The van der Waals surface area contributed by atoms with Crippen LogP contribution in [-0.4, -0.2) is 42.5 Å². The number of allylic oxidation sites excluding steroid dienone is 1. The topological polar surface area (TPSA) is 58.6 Å². The van der Waals surface area contributed by atoms with Crippen LogP contribution in [0.4, 0.5) is 0 Å². The van der Waals surface area contributed by atoms with Gasteiger partial charge < -0.3 is 15.0 Å². The quantitative estimate of drug-likeness (QED) is 0.785. The van der Waals surface area contributed by atoms with Gasteiger partial charge in [-0.15, -0.1) is 0 Å². The Morgan fingerprint density at radius 3 is 2.94 bits per heavy atom. The lowest BCUT2D eigenvalue weighted by Gasteiger charge is -2.37. The van der Waals surface area contributed by atoms with Gasteiger partial charge in [0.25, 0.3) is 5.91 Å². The predicted molar refractivity (Wildman–Crippen MR) is 66.6 cm³/mol. The highest BCUT2D eigenvalue weighted by Gasteiger charge is 2.36. The number of carbonyl (C=O) groups is 2. The summed E-state index contributed by atoms with van der Waals surface area (Å²) >= 11 is 0. The Balaban J connectivity index is 2.16. The number of nitrogens with zero attached hydrogens (tertiary/aromatic N) is 1. The van der Waals surface area contributed by atoms with Crippen molar-refractivity contribution in [2.75, 3.05) is 19.7 Å². The molecule has 0 spiro atoms. The van der Waals surface area contributed by atoms with Crippen molar-refractivity contribution in [3.63, 3.8) is 0 Å². The molecule has 0 aliphatic carbocycles. The first-order valence-electron chi connectivity index (χ1n) is 6.53. The molecule has 5 heteroatoms. The Hall–Kier alpha value is -1.52. The van der Waals surface area contributed by atoms with E-state index >= 15 is 0 Å². The number of amides is 2. The van der Waals surface area contributed by atoms with Crippen molar-refractivity contribution in [3.05, 3.63) is 11.8 Å². The third-order valence-electron chi connectivity index (χ3n) is 3.30. The first-order valence-corrected chi connectivity index (χ1v) is 6.53. The van der Waals surface area contributed by atoms with Crippen LogP contribution in [0.3, 0.4) is 0 Å². The van der Waals surface area contributed by atoms with Crippen molar-refractivity contribution in [2.24, 2.45) is 5.92 Å². The zero-order valence-electron chi connectivity index (χ0n) is 10.9. The fraction of sp³-hybridized carbons (Fsp3) is 0.692. The molecular formula is C13H20N2O3. The minimum absolute atomic E-state index is 0.0685. The lowest BCUT2D eigenvalue weighted by atomic mass is 9.99. The van der Waals surface area contributed by atoms with Gasteiger partial charge in [0.1, 0.15) is 6.04 Å². The van der Waals surface area contributed by atoms with E-state index in [1.807, 2.05) is 19.9 Å². The van der Waals surface area contributed by atoms with Crippen molar-refractivity contribution in [3.8, 4) is 0 Å². The highest BCUT2D eigenvalue weighted by molar-refractivity contribution is 5.96. The second-order valence-electron chi connectivity index (χ2n) is 5.04. The number of hydrogen-bond donors (Lipinski definition) is 1. The molecule has 0 radical (unpaired) electrons. The fourth-order valence-electron chi connectivity index (χ4n) is 2.42. The standard InChI is InChI=1S/C13H20N2O3/c1-9(2)11-12(16)14-6-7-15(11)13(17)10-5-3-4-8-18-10/h5,9,11H,3-4,6-8H2,1-2H3,(H,14,16). The first-order chi connectivity index (χ1) is 8.61. The van der Waals surface area contributed by atoms with Crippen molar-refractivity contribution in [1.82, 2.24) is 10.2 Å². The largest absolute Gasteiger partial charge is 0.488 e. The van der Waals surface area contributed by atoms with Gasteiger partial charge in [-0.3, -0.25) is 9.59 Å². The molecule has 2 amide bonds. The SMILES string of the molecule is CC(C)C1C(=O)NCCN1C(=O)C1=CCCCO1. The molecule has 0 saturated carbocycles. The molecule has 100 valence electrons. The highest BCUT2D eigenvalue weighted by Crippen LogP contribution is 2.19. The van der Waals surface area contributed by atoms with Gasteiger partial charge in [0.15, 0.2) is 5.76 Å². The van der Waals surface area contributed by atoms with Gasteiger partial charge in [-0.25, -0.2) is 0 Å². The second kappa shape index (κ2) is 5.42. The van der Waals surface area contributed by atoms with Crippen LogP contribution >= 0.6 is 0 Å². The van der Waals surface area contributed by atoms with Gasteiger partial charge in [-0.1, -0.05) is 13.8 Å². The van der Waals surface area contributed by atoms with E-state index in [1.54, 1.807) is 4.90 Å². The molecule has 0 aromatic heterocycles. The van der Waals surface area contributed by atoms with Crippen LogP contribution in [0.2, 0.25) is 0 Å². The van der Waals surface area contributed by atoms with E-state index in [0.717, 1.165) is 12.8 Å². The van der Waals surface area contributed by atoms with Crippen molar-refractivity contribution in [2.45, 2.75) is 32.7 Å². The van der Waals surface area contributed by atoms with E-state index in [-0.39, 0.29) is 17.7 Å². The molecular weight excluding hydrogens is 232 g/mol. The third kappa shape index (κ3) is 2.49. The molecule has 1 N–H and O–H groups in total.